The second-order valence-corrected chi connectivity index (χ2v) is 15.3. The fourth-order valence-electron chi connectivity index (χ4n) is 6.03. The second-order valence-electron chi connectivity index (χ2n) is 9.53. The Bertz CT molecular complexity index is 750. The summed E-state index contributed by atoms with van der Waals surface area (Å²) in [5, 5.41) is 0. The van der Waals surface area contributed by atoms with Crippen molar-refractivity contribution in [1.29, 1.82) is 0 Å². The van der Waals surface area contributed by atoms with Gasteiger partial charge >= 0.3 is 0 Å². The molecule has 3 rings (SSSR count). The maximum Gasteiger partial charge on any atom is 0.184 e. The lowest BCUT2D eigenvalue weighted by atomic mass is 9.97. The Morgan fingerprint density at radius 3 is 2.21 bits per heavy atom. The van der Waals surface area contributed by atoms with Gasteiger partial charge in [-0.1, -0.05) is 41.5 Å². The number of allylic oxidation sites excluding steroid dienone is 4. The number of hydrogen-bond acceptors (Lipinski definition) is 4. The third-order valence-corrected chi connectivity index (χ3v) is 13.7. The van der Waals surface area contributed by atoms with E-state index in [-0.39, 0.29) is 0 Å². The van der Waals surface area contributed by atoms with Gasteiger partial charge in [-0.2, -0.15) is 0 Å². The summed E-state index contributed by atoms with van der Waals surface area (Å²) in [6, 6.07) is 0.331. The summed E-state index contributed by atoms with van der Waals surface area (Å²) in [6.07, 6.45) is 8.56. The molecule has 0 aromatic rings. The van der Waals surface area contributed by atoms with E-state index < -0.39 is 8.24 Å². The number of hydrogen-bond donors (Lipinski definition) is 0. The van der Waals surface area contributed by atoms with Crippen molar-refractivity contribution in [1.82, 2.24) is 9.47 Å². The van der Waals surface area contributed by atoms with E-state index in [1.807, 2.05) is 6.08 Å². The van der Waals surface area contributed by atoms with Crippen molar-refractivity contribution in [3.05, 3.63) is 46.5 Å². The van der Waals surface area contributed by atoms with Crippen molar-refractivity contribution >= 4 is 14.5 Å². The van der Waals surface area contributed by atoms with Crippen molar-refractivity contribution in [2.24, 2.45) is 0 Å². The summed E-state index contributed by atoms with van der Waals surface area (Å²) in [4.78, 5) is 13.8. The maximum atomic E-state index is 11.5. The highest BCUT2D eigenvalue weighted by Crippen LogP contribution is 2.49. The highest BCUT2D eigenvalue weighted by molar-refractivity contribution is 6.81. The third-order valence-electron chi connectivity index (χ3n) is 6.97. The molecule has 0 aromatic carbocycles. The number of ether oxygens (including phenoxy) is 1. The van der Waals surface area contributed by atoms with Crippen LogP contribution in [0.3, 0.4) is 0 Å². The SMILES string of the molecule is CC(C)[Si](C(C)C)(C(C)C)N1C=C2C=C(C=O)OCC3=C2C(=C1)CC3N(C)C. The van der Waals surface area contributed by atoms with Crippen LogP contribution in [0, 0.1) is 0 Å². The van der Waals surface area contributed by atoms with Crippen LogP contribution in [-0.4, -0.2) is 50.7 Å². The molecule has 0 saturated carbocycles. The van der Waals surface area contributed by atoms with Gasteiger partial charge < -0.3 is 14.2 Å². The minimum Gasteiger partial charge on any atom is -0.486 e. The first-order chi connectivity index (χ1) is 13.1. The smallest absolute Gasteiger partial charge is 0.184 e. The molecule has 0 bridgehead atoms. The average Bonchev–Trinajstić information content (AvgIpc) is 2.86. The van der Waals surface area contributed by atoms with Gasteiger partial charge in [0.2, 0.25) is 0 Å². The van der Waals surface area contributed by atoms with Crippen LogP contribution < -0.4 is 0 Å². The van der Waals surface area contributed by atoms with Crippen LogP contribution in [-0.2, 0) is 9.53 Å². The van der Waals surface area contributed by atoms with Gasteiger partial charge in [0.15, 0.2) is 20.3 Å². The quantitative estimate of drug-likeness (QED) is 0.464. The van der Waals surface area contributed by atoms with Gasteiger partial charge in [-0.25, -0.2) is 0 Å². The zero-order valence-corrected chi connectivity index (χ0v) is 19.7. The Labute approximate surface area is 171 Å². The third kappa shape index (κ3) is 3.13. The van der Waals surface area contributed by atoms with E-state index in [4.69, 9.17) is 4.74 Å². The van der Waals surface area contributed by atoms with Crippen LogP contribution in [0.2, 0.25) is 16.6 Å². The van der Waals surface area contributed by atoms with Gasteiger partial charge in [0.1, 0.15) is 6.61 Å². The molecule has 1 atom stereocenters. The lowest BCUT2D eigenvalue weighted by molar-refractivity contribution is -0.107. The fraction of sp³-hybridized carbons (Fsp3) is 0.609. The summed E-state index contributed by atoms with van der Waals surface area (Å²) >= 11 is 0. The highest BCUT2D eigenvalue weighted by Gasteiger charge is 2.49. The number of nitrogens with zero attached hydrogens (tertiary/aromatic N) is 2. The van der Waals surface area contributed by atoms with Crippen molar-refractivity contribution in [3.8, 4) is 0 Å². The van der Waals surface area contributed by atoms with E-state index in [0.717, 1.165) is 18.3 Å². The molecule has 4 nitrogen and oxygen atoms in total. The van der Waals surface area contributed by atoms with E-state index >= 15 is 0 Å². The molecule has 0 fully saturated rings. The normalized spacial score (nSPS) is 22.4. The van der Waals surface area contributed by atoms with Crippen LogP contribution in [0.4, 0.5) is 0 Å². The van der Waals surface area contributed by atoms with E-state index in [1.54, 1.807) is 0 Å². The average molecular weight is 401 g/mol. The molecule has 0 aromatic heterocycles. The molecule has 1 unspecified atom stereocenters. The van der Waals surface area contributed by atoms with Crippen LogP contribution >= 0.6 is 0 Å². The second kappa shape index (κ2) is 7.67. The Kier molecular flexibility index (Phi) is 5.79. The van der Waals surface area contributed by atoms with E-state index in [0.29, 0.717) is 35.0 Å². The first-order valence-electron chi connectivity index (χ1n) is 10.5. The molecule has 154 valence electrons. The van der Waals surface area contributed by atoms with Gasteiger partial charge in [-0.15, -0.1) is 0 Å². The number of carbonyl (C=O) groups is 1. The summed E-state index contributed by atoms with van der Waals surface area (Å²) < 4.78 is 8.45. The predicted molar refractivity (Wildman–Crippen MR) is 118 cm³/mol. The molecular formula is C23H36N2O2Si. The van der Waals surface area contributed by atoms with Gasteiger partial charge in [-0.05, 0) is 66.1 Å². The first-order valence-corrected chi connectivity index (χ1v) is 12.7. The molecule has 2 heterocycles. The zero-order chi connectivity index (χ0) is 20.8. The van der Waals surface area contributed by atoms with E-state index in [9.17, 15) is 4.79 Å². The minimum absolute atomic E-state index is 0.331. The van der Waals surface area contributed by atoms with Crippen molar-refractivity contribution in [2.75, 3.05) is 20.7 Å². The first kappa shape index (κ1) is 21.1. The van der Waals surface area contributed by atoms with Gasteiger partial charge in [0.25, 0.3) is 0 Å². The predicted octanol–water partition coefficient (Wildman–Crippen LogP) is 4.99. The molecule has 1 aliphatic carbocycles. The molecule has 0 saturated heterocycles. The van der Waals surface area contributed by atoms with Gasteiger partial charge in [0, 0.05) is 17.8 Å². The number of carbonyl (C=O) groups excluding carboxylic acids is 1. The fourth-order valence-corrected chi connectivity index (χ4v) is 12.6. The summed E-state index contributed by atoms with van der Waals surface area (Å²) in [7, 11) is 2.41. The lowest BCUT2D eigenvalue weighted by Crippen LogP contribution is -2.56. The molecule has 0 spiro atoms. The van der Waals surface area contributed by atoms with Crippen LogP contribution in [0.5, 0.6) is 0 Å². The maximum absolute atomic E-state index is 11.5. The Morgan fingerprint density at radius 2 is 1.71 bits per heavy atom. The number of likely N-dealkylation sites (N-methyl/N-ethyl adjacent to an activating group) is 1. The standard InChI is InChI=1S/C23H36N2O2Si/c1-15(2)28(16(3)4,17(5)6)25-11-18-9-20(13-26)27-14-21-22(24(7)8)10-19(12-25)23(18)21/h9,11-13,15-17,22H,10,14H2,1-8H3. The summed E-state index contributed by atoms with van der Waals surface area (Å²) in [5.74, 6) is 0.435. The van der Waals surface area contributed by atoms with E-state index in [2.05, 4.69) is 77.5 Å². The molecule has 28 heavy (non-hydrogen) atoms. The molecular weight excluding hydrogens is 364 g/mol. The minimum atomic E-state index is -1.85. The molecule has 2 aliphatic heterocycles. The largest absolute Gasteiger partial charge is 0.486 e. The molecule has 0 N–H and O–H groups in total. The number of rotatable bonds is 6. The highest BCUT2D eigenvalue weighted by atomic mass is 28.3. The van der Waals surface area contributed by atoms with Crippen LogP contribution in [0.1, 0.15) is 48.0 Å². The topological polar surface area (TPSA) is 32.8 Å². The Morgan fingerprint density at radius 1 is 1.11 bits per heavy atom. The van der Waals surface area contributed by atoms with E-state index in [1.165, 1.54) is 16.7 Å². The van der Waals surface area contributed by atoms with Gasteiger partial charge in [-0.3, -0.25) is 4.79 Å². The molecule has 0 amide bonds. The molecule has 0 radical (unpaired) electrons. The Hall–Kier alpha value is -1.59. The van der Waals surface area contributed by atoms with Crippen molar-refractivity contribution < 1.29 is 9.53 Å². The summed E-state index contributed by atoms with van der Waals surface area (Å²) in [5.41, 5.74) is 7.02. The molecule has 3 aliphatic rings. The summed E-state index contributed by atoms with van der Waals surface area (Å²) in [6.45, 7) is 14.8. The van der Waals surface area contributed by atoms with Crippen LogP contribution in [0.25, 0.3) is 0 Å². The van der Waals surface area contributed by atoms with Crippen molar-refractivity contribution in [2.45, 2.75) is 70.6 Å². The Balaban J connectivity index is 2.21. The number of aldehydes is 1. The monoisotopic (exact) mass is 400 g/mol. The van der Waals surface area contributed by atoms with Crippen molar-refractivity contribution in [3.63, 3.8) is 0 Å². The zero-order valence-electron chi connectivity index (χ0n) is 18.7. The van der Waals surface area contributed by atoms with Crippen LogP contribution in [0.15, 0.2) is 46.5 Å². The van der Waals surface area contributed by atoms with Gasteiger partial charge in [0.05, 0.1) is 0 Å². The molecule has 5 heteroatoms. The lowest BCUT2D eigenvalue weighted by Gasteiger charge is -2.50.